The second kappa shape index (κ2) is 9.43. The predicted molar refractivity (Wildman–Crippen MR) is 132 cm³/mol. The van der Waals surface area contributed by atoms with Crippen molar-refractivity contribution >= 4 is 39.0 Å². The van der Waals surface area contributed by atoms with E-state index in [4.69, 9.17) is 23.2 Å². The molecule has 3 aromatic carbocycles. The smallest absolute Gasteiger partial charge is 0.244 e. The maximum Gasteiger partial charge on any atom is 0.244 e. The summed E-state index contributed by atoms with van der Waals surface area (Å²) in [6.45, 7) is 3.80. The summed E-state index contributed by atoms with van der Waals surface area (Å²) in [6, 6.07) is 19.3. The van der Waals surface area contributed by atoms with E-state index in [1.54, 1.807) is 72.8 Å². The van der Waals surface area contributed by atoms with Gasteiger partial charge in [-0.1, -0.05) is 90.3 Å². The van der Waals surface area contributed by atoms with Crippen molar-refractivity contribution in [3.05, 3.63) is 111 Å². The molecule has 4 rings (SSSR count). The summed E-state index contributed by atoms with van der Waals surface area (Å²) in [6.07, 6.45) is 2.28. The van der Waals surface area contributed by atoms with E-state index in [9.17, 15) is 13.2 Å². The third-order valence-corrected chi connectivity index (χ3v) is 8.46. The van der Waals surface area contributed by atoms with Crippen molar-refractivity contribution in [1.82, 2.24) is 4.31 Å². The minimum atomic E-state index is -3.93. The molecule has 0 bridgehead atoms. The zero-order valence-corrected chi connectivity index (χ0v) is 20.5. The van der Waals surface area contributed by atoms with Crippen molar-refractivity contribution in [3.63, 3.8) is 0 Å². The van der Waals surface area contributed by atoms with Crippen LogP contribution in [0.5, 0.6) is 0 Å². The van der Waals surface area contributed by atoms with Crippen LogP contribution in [0.2, 0.25) is 10.0 Å². The minimum absolute atomic E-state index is 0.179. The first-order valence-corrected chi connectivity index (χ1v) is 12.8. The number of carbonyl (C=O) groups is 1. The van der Waals surface area contributed by atoms with Crippen LogP contribution in [0.3, 0.4) is 0 Å². The van der Waals surface area contributed by atoms with E-state index >= 15 is 0 Å². The van der Waals surface area contributed by atoms with Crippen LogP contribution in [0.15, 0.2) is 89.3 Å². The lowest BCUT2D eigenvalue weighted by molar-refractivity contribution is 0.102. The van der Waals surface area contributed by atoms with Gasteiger partial charge >= 0.3 is 0 Å². The summed E-state index contributed by atoms with van der Waals surface area (Å²) in [5.41, 5.74) is 2.45. The van der Waals surface area contributed by atoms with Crippen LogP contribution < -0.4 is 0 Å². The molecule has 0 spiro atoms. The molecule has 33 heavy (non-hydrogen) atoms. The van der Waals surface area contributed by atoms with E-state index in [1.165, 1.54) is 4.31 Å². The lowest BCUT2D eigenvalue weighted by atomic mass is 9.94. The molecule has 7 heteroatoms. The first-order chi connectivity index (χ1) is 15.7. The van der Waals surface area contributed by atoms with Gasteiger partial charge in [-0.25, -0.2) is 8.42 Å². The quantitative estimate of drug-likeness (QED) is 0.357. The Hall–Kier alpha value is -2.44. The van der Waals surface area contributed by atoms with E-state index in [2.05, 4.69) is 0 Å². The van der Waals surface area contributed by atoms with Gasteiger partial charge in [-0.05, 0) is 43.2 Å². The van der Waals surface area contributed by atoms with Crippen molar-refractivity contribution < 1.29 is 13.2 Å². The second-order valence-corrected chi connectivity index (χ2v) is 10.7. The van der Waals surface area contributed by atoms with Gasteiger partial charge in [0.25, 0.3) is 0 Å². The number of benzene rings is 3. The average Bonchev–Trinajstić information content (AvgIpc) is 3.22. The van der Waals surface area contributed by atoms with E-state index in [1.807, 2.05) is 19.9 Å². The van der Waals surface area contributed by atoms with Crippen LogP contribution in [-0.4, -0.2) is 24.5 Å². The highest BCUT2D eigenvalue weighted by molar-refractivity contribution is 7.89. The Morgan fingerprint density at radius 3 is 2.21 bits per heavy atom. The zero-order chi connectivity index (χ0) is 23.8. The van der Waals surface area contributed by atoms with Crippen molar-refractivity contribution in [2.75, 3.05) is 0 Å². The number of sulfonamides is 1. The number of aryl methyl sites for hydroxylation is 1. The number of hydrogen-bond acceptors (Lipinski definition) is 3. The van der Waals surface area contributed by atoms with E-state index in [0.29, 0.717) is 33.2 Å². The molecular formula is C26H23Cl2NO3S. The number of carbonyl (C=O) groups excluding carboxylic acids is 1. The van der Waals surface area contributed by atoms with Crippen molar-refractivity contribution in [1.29, 1.82) is 0 Å². The van der Waals surface area contributed by atoms with Gasteiger partial charge in [0.1, 0.15) is 0 Å². The molecule has 0 aromatic heterocycles. The highest BCUT2D eigenvalue weighted by atomic mass is 35.5. The van der Waals surface area contributed by atoms with Crippen LogP contribution in [0, 0.1) is 6.92 Å². The molecule has 1 aliphatic heterocycles. The highest BCUT2D eigenvalue weighted by Crippen LogP contribution is 2.44. The Balaban J connectivity index is 1.89. The summed E-state index contributed by atoms with van der Waals surface area (Å²) >= 11 is 12.4. The molecule has 0 fully saturated rings. The predicted octanol–water partition coefficient (Wildman–Crippen LogP) is 6.64. The lowest BCUT2D eigenvalue weighted by Crippen LogP contribution is -2.38. The van der Waals surface area contributed by atoms with Gasteiger partial charge in [-0.3, -0.25) is 4.79 Å². The first kappa shape index (κ1) is 23.7. The van der Waals surface area contributed by atoms with Crippen LogP contribution in [-0.2, 0) is 10.0 Å². The van der Waals surface area contributed by atoms with Gasteiger partial charge in [0, 0.05) is 17.2 Å². The number of hydrogen-bond donors (Lipinski definition) is 0. The lowest BCUT2D eigenvalue weighted by Gasteiger charge is -2.31. The molecule has 1 heterocycles. The van der Waals surface area contributed by atoms with E-state index in [-0.39, 0.29) is 10.7 Å². The van der Waals surface area contributed by atoms with Gasteiger partial charge in [0.2, 0.25) is 10.0 Å². The van der Waals surface area contributed by atoms with Crippen LogP contribution in [0.4, 0.5) is 0 Å². The number of rotatable bonds is 6. The summed E-state index contributed by atoms with van der Waals surface area (Å²) in [4.78, 5) is 13.7. The maximum absolute atomic E-state index is 13.9. The molecule has 0 N–H and O–H groups in total. The fourth-order valence-corrected chi connectivity index (χ4v) is 6.22. The van der Waals surface area contributed by atoms with Gasteiger partial charge in [-0.2, -0.15) is 4.31 Å². The Kier molecular flexibility index (Phi) is 6.78. The van der Waals surface area contributed by atoms with Crippen LogP contribution >= 0.6 is 23.2 Å². The third-order valence-electron chi connectivity index (χ3n) is 5.82. The zero-order valence-electron chi connectivity index (χ0n) is 18.2. The molecule has 4 nitrogen and oxygen atoms in total. The van der Waals surface area contributed by atoms with Crippen molar-refractivity contribution in [2.45, 2.75) is 37.2 Å². The van der Waals surface area contributed by atoms with E-state index < -0.39 is 22.1 Å². The molecular weight excluding hydrogens is 477 g/mol. The average molecular weight is 500 g/mol. The Morgan fingerprint density at radius 2 is 1.61 bits per heavy atom. The van der Waals surface area contributed by atoms with Crippen LogP contribution in [0.1, 0.15) is 40.9 Å². The number of nitrogens with zero attached hydrogens (tertiary/aromatic N) is 1. The van der Waals surface area contributed by atoms with Crippen LogP contribution in [0.25, 0.3) is 0 Å². The first-order valence-electron chi connectivity index (χ1n) is 10.6. The molecule has 3 aromatic rings. The largest absolute Gasteiger partial charge is 0.289 e. The third kappa shape index (κ3) is 4.51. The molecule has 0 amide bonds. The normalized spacial score (nSPS) is 18.8. The molecule has 0 saturated heterocycles. The number of ketones is 1. The summed E-state index contributed by atoms with van der Waals surface area (Å²) in [7, 11) is -3.93. The van der Waals surface area contributed by atoms with Gasteiger partial charge in [0.15, 0.2) is 5.78 Å². The molecule has 170 valence electrons. The Morgan fingerprint density at radius 1 is 0.939 bits per heavy atom. The van der Waals surface area contributed by atoms with Gasteiger partial charge < -0.3 is 0 Å². The Bertz CT molecular complexity index is 1320. The second-order valence-electron chi connectivity index (χ2n) is 8.02. The maximum atomic E-state index is 13.9. The fraction of sp³-hybridized carbons (Fsp3) is 0.192. The molecule has 1 aliphatic rings. The van der Waals surface area contributed by atoms with Gasteiger partial charge in [0.05, 0.1) is 21.0 Å². The molecule has 0 aliphatic carbocycles. The Labute approximate surface area is 204 Å². The van der Waals surface area contributed by atoms with Crippen molar-refractivity contribution in [2.24, 2.45) is 0 Å². The molecule has 2 atom stereocenters. The number of Topliss-reactive ketones (excluding diaryl/α,β-unsaturated/α-hetero) is 1. The number of halogens is 2. The fourth-order valence-electron chi connectivity index (χ4n) is 4.11. The standard InChI is InChI=1S/C26H23Cl2NO3S/c1-3-20-16-22(26(30)18-7-5-4-6-8-18)25(19-11-14-23(27)24(28)15-19)29(20)33(31,32)21-12-9-17(2)10-13-21/h4-16,20,25H,3H2,1-2H3/t20-,25+/m1/s1. The summed E-state index contributed by atoms with van der Waals surface area (Å²) in [5.74, 6) is -0.216. The van der Waals surface area contributed by atoms with Gasteiger partial charge in [-0.15, -0.1) is 0 Å². The SMILES string of the molecule is CC[C@@H]1C=C(C(=O)c2ccccc2)[C@H](c2ccc(Cl)c(Cl)c2)N1S(=O)(=O)c1ccc(C)cc1. The minimum Gasteiger partial charge on any atom is -0.289 e. The molecule has 0 radical (unpaired) electrons. The van der Waals surface area contributed by atoms with Crippen molar-refractivity contribution in [3.8, 4) is 0 Å². The molecule has 0 unspecified atom stereocenters. The van der Waals surface area contributed by atoms with E-state index in [0.717, 1.165) is 5.56 Å². The topological polar surface area (TPSA) is 54.5 Å². The molecule has 0 saturated carbocycles. The monoisotopic (exact) mass is 499 g/mol. The summed E-state index contributed by atoms with van der Waals surface area (Å²) < 4.78 is 29.2. The highest BCUT2D eigenvalue weighted by Gasteiger charge is 2.45. The summed E-state index contributed by atoms with van der Waals surface area (Å²) in [5, 5.41) is 0.659.